The summed E-state index contributed by atoms with van der Waals surface area (Å²) in [4.78, 5) is 11.4. The third kappa shape index (κ3) is 6.10. The van der Waals surface area contributed by atoms with Crippen molar-refractivity contribution in [2.75, 3.05) is 25.6 Å². The summed E-state index contributed by atoms with van der Waals surface area (Å²) in [5.41, 5.74) is 0.262. The van der Waals surface area contributed by atoms with Crippen LogP contribution in [-0.2, 0) is 14.8 Å². The molecular formula is C16H26N2O5S. The maximum atomic E-state index is 12.3. The predicted molar refractivity (Wildman–Crippen MR) is 93.0 cm³/mol. The summed E-state index contributed by atoms with van der Waals surface area (Å²) in [6.45, 7) is 6.55. The van der Waals surface area contributed by atoms with Crippen LogP contribution in [0.5, 0.6) is 0 Å². The quantitative estimate of drug-likeness (QED) is 0.592. The topological polar surface area (TPSA) is 105 Å². The van der Waals surface area contributed by atoms with Gasteiger partial charge in [0.2, 0.25) is 10.0 Å². The Balaban J connectivity index is 3.02. The van der Waals surface area contributed by atoms with Gasteiger partial charge in [-0.15, -0.1) is 0 Å². The zero-order chi connectivity index (χ0) is 18.3. The van der Waals surface area contributed by atoms with Gasteiger partial charge in [-0.25, -0.2) is 17.9 Å². The van der Waals surface area contributed by atoms with Crippen LogP contribution >= 0.6 is 0 Å². The van der Waals surface area contributed by atoms with E-state index in [4.69, 9.17) is 4.74 Å². The standard InChI is InChI=1S/C16H26N2O5S/c1-11(2)7-8-17-24(21,22)13-5-6-15(14(9-13)16(19)20)18-12(3)10-23-4/h5-6,9,11-12,17-18H,7-8,10H2,1-4H3,(H,19,20)/t12-/m1/s1. The van der Waals surface area contributed by atoms with Crippen molar-refractivity contribution in [1.29, 1.82) is 0 Å². The van der Waals surface area contributed by atoms with Gasteiger partial charge in [-0.05, 0) is 37.5 Å². The zero-order valence-electron chi connectivity index (χ0n) is 14.5. The first-order valence-corrected chi connectivity index (χ1v) is 9.28. The smallest absolute Gasteiger partial charge is 0.337 e. The average Bonchev–Trinajstić information content (AvgIpc) is 2.46. The molecule has 0 saturated carbocycles. The summed E-state index contributed by atoms with van der Waals surface area (Å²) in [7, 11) is -2.18. The minimum absolute atomic E-state index is 0.0615. The van der Waals surface area contributed by atoms with Gasteiger partial charge in [-0.3, -0.25) is 0 Å². The number of carbonyl (C=O) groups is 1. The van der Waals surface area contributed by atoms with Crippen molar-refractivity contribution in [2.45, 2.75) is 38.1 Å². The van der Waals surface area contributed by atoms with Gasteiger partial charge in [0.15, 0.2) is 0 Å². The van der Waals surface area contributed by atoms with Gasteiger partial charge >= 0.3 is 5.97 Å². The summed E-state index contributed by atoms with van der Waals surface area (Å²) < 4.78 is 32.1. The maximum Gasteiger partial charge on any atom is 0.337 e. The van der Waals surface area contributed by atoms with Crippen LogP contribution < -0.4 is 10.0 Å². The molecule has 0 aliphatic carbocycles. The third-order valence-electron chi connectivity index (χ3n) is 3.36. The first-order chi connectivity index (χ1) is 11.2. The van der Waals surface area contributed by atoms with Crippen LogP contribution in [0.3, 0.4) is 0 Å². The van der Waals surface area contributed by atoms with E-state index in [-0.39, 0.29) is 16.5 Å². The molecule has 0 aliphatic heterocycles. The molecule has 1 rings (SSSR count). The molecule has 136 valence electrons. The van der Waals surface area contributed by atoms with E-state index >= 15 is 0 Å². The number of rotatable bonds is 10. The lowest BCUT2D eigenvalue weighted by Gasteiger charge is -2.17. The summed E-state index contributed by atoms with van der Waals surface area (Å²) in [6, 6.07) is 3.92. The molecule has 0 aliphatic rings. The Morgan fingerprint density at radius 2 is 1.96 bits per heavy atom. The van der Waals surface area contributed by atoms with Gasteiger partial charge in [0.05, 0.1) is 17.1 Å². The fraction of sp³-hybridized carbons (Fsp3) is 0.562. The molecule has 0 bridgehead atoms. The minimum Gasteiger partial charge on any atom is -0.478 e. The van der Waals surface area contributed by atoms with E-state index in [2.05, 4.69) is 10.0 Å². The number of carboxylic acids is 1. The molecule has 0 unspecified atom stereocenters. The number of sulfonamides is 1. The van der Waals surface area contributed by atoms with E-state index < -0.39 is 16.0 Å². The fourth-order valence-corrected chi connectivity index (χ4v) is 3.19. The molecule has 24 heavy (non-hydrogen) atoms. The molecule has 0 spiro atoms. The molecular weight excluding hydrogens is 332 g/mol. The SMILES string of the molecule is COC[C@@H](C)Nc1ccc(S(=O)(=O)NCCC(C)C)cc1C(=O)O. The first-order valence-electron chi connectivity index (χ1n) is 7.80. The van der Waals surface area contributed by atoms with Crippen LogP contribution in [0.1, 0.15) is 37.6 Å². The first kappa shape index (κ1) is 20.4. The van der Waals surface area contributed by atoms with Gasteiger partial charge in [-0.1, -0.05) is 13.8 Å². The Bertz CT molecular complexity index is 658. The second kappa shape index (κ2) is 9.00. The van der Waals surface area contributed by atoms with Gasteiger partial charge in [0.1, 0.15) is 0 Å². The molecule has 0 amide bonds. The second-order valence-electron chi connectivity index (χ2n) is 6.09. The molecule has 1 atom stereocenters. The summed E-state index contributed by atoms with van der Waals surface area (Å²) in [5, 5.41) is 12.4. The zero-order valence-corrected chi connectivity index (χ0v) is 15.3. The average molecular weight is 358 g/mol. The van der Waals surface area contributed by atoms with Crippen LogP contribution in [0.25, 0.3) is 0 Å². The van der Waals surface area contributed by atoms with Gasteiger partial charge < -0.3 is 15.2 Å². The largest absolute Gasteiger partial charge is 0.478 e. The molecule has 0 fully saturated rings. The van der Waals surface area contributed by atoms with Crippen molar-refractivity contribution in [3.05, 3.63) is 23.8 Å². The number of anilines is 1. The highest BCUT2D eigenvalue weighted by molar-refractivity contribution is 7.89. The molecule has 1 aromatic rings. The third-order valence-corrected chi connectivity index (χ3v) is 4.82. The molecule has 0 heterocycles. The highest BCUT2D eigenvalue weighted by Gasteiger charge is 2.19. The Morgan fingerprint density at radius 1 is 1.29 bits per heavy atom. The van der Waals surface area contributed by atoms with E-state index in [0.717, 1.165) is 0 Å². The lowest BCUT2D eigenvalue weighted by Crippen LogP contribution is -2.26. The Morgan fingerprint density at radius 3 is 2.50 bits per heavy atom. The predicted octanol–water partition coefficient (Wildman–Crippen LogP) is 2.16. The van der Waals surface area contributed by atoms with Crippen molar-refractivity contribution in [3.63, 3.8) is 0 Å². The van der Waals surface area contributed by atoms with Crippen molar-refractivity contribution >= 4 is 21.7 Å². The summed E-state index contributed by atoms with van der Waals surface area (Å²) in [6.07, 6.45) is 0.708. The van der Waals surface area contributed by atoms with Gasteiger partial charge in [0.25, 0.3) is 0 Å². The Hall–Kier alpha value is -1.64. The van der Waals surface area contributed by atoms with Crippen molar-refractivity contribution in [1.82, 2.24) is 4.72 Å². The molecule has 0 aromatic heterocycles. The number of hydrogen-bond donors (Lipinski definition) is 3. The molecule has 0 saturated heterocycles. The molecule has 7 nitrogen and oxygen atoms in total. The summed E-state index contributed by atoms with van der Waals surface area (Å²) >= 11 is 0. The molecule has 8 heteroatoms. The van der Waals surface area contributed by atoms with E-state index in [1.807, 2.05) is 20.8 Å². The van der Waals surface area contributed by atoms with Crippen molar-refractivity contribution in [2.24, 2.45) is 5.92 Å². The number of carboxylic acid groups (broad SMARTS) is 1. The number of nitrogens with one attached hydrogen (secondary N) is 2. The van der Waals surface area contributed by atoms with Crippen LogP contribution in [0.15, 0.2) is 23.1 Å². The van der Waals surface area contributed by atoms with Crippen molar-refractivity contribution in [3.8, 4) is 0 Å². The van der Waals surface area contributed by atoms with Crippen LogP contribution in [0.2, 0.25) is 0 Å². The van der Waals surface area contributed by atoms with E-state index in [1.165, 1.54) is 18.2 Å². The van der Waals surface area contributed by atoms with E-state index in [1.54, 1.807) is 7.11 Å². The lowest BCUT2D eigenvalue weighted by atomic mass is 10.1. The Kier molecular flexibility index (Phi) is 7.65. The number of aromatic carboxylic acids is 1. The van der Waals surface area contributed by atoms with Crippen LogP contribution in [0, 0.1) is 5.92 Å². The summed E-state index contributed by atoms with van der Waals surface area (Å²) in [5.74, 6) is -0.822. The minimum atomic E-state index is -3.73. The number of benzene rings is 1. The number of ether oxygens (including phenoxy) is 1. The van der Waals surface area contributed by atoms with Gasteiger partial charge in [-0.2, -0.15) is 0 Å². The number of methoxy groups -OCH3 is 1. The van der Waals surface area contributed by atoms with Crippen molar-refractivity contribution < 1.29 is 23.1 Å². The maximum absolute atomic E-state index is 12.3. The Labute approximate surface area is 143 Å². The lowest BCUT2D eigenvalue weighted by molar-refractivity contribution is 0.0697. The number of hydrogen-bond acceptors (Lipinski definition) is 5. The molecule has 3 N–H and O–H groups in total. The molecule has 0 radical (unpaired) electrons. The monoisotopic (exact) mass is 358 g/mol. The van der Waals surface area contributed by atoms with E-state index in [0.29, 0.717) is 31.2 Å². The van der Waals surface area contributed by atoms with Crippen LogP contribution in [-0.4, -0.2) is 45.8 Å². The fourth-order valence-electron chi connectivity index (χ4n) is 2.12. The normalized spacial score (nSPS) is 13.0. The second-order valence-corrected chi connectivity index (χ2v) is 7.86. The highest BCUT2D eigenvalue weighted by Crippen LogP contribution is 2.21. The van der Waals surface area contributed by atoms with Gasteiger partial charge in [0, 0.05) is 25.4 Å². The van der Waals surface area contributed by atoms with E-state index in [9.17, 15) is 18.3 Å². The highest BCUT2D eigenvalue weighted by atomic mass is 32.2. The molecule has 1 aromatic carbocycles. The van der Waals surface area contributed by atoms with Crippen LogP contribution in [0.4, 0.5) is 5.69 Å².